The molecule has 0 radical (unpaired) electrons. The minimum Gasteiger partial charge on any atom is -0.436 e. The Morgan fingerprint density at radius 1 is 0.872 bits per heavy atom. The average molecular weight is 646 g/mol. The molecule has 2 aromatic rings. The number of benzene rings is 2. The van der Waals surface area contributed by atoms with Crippen molar-refractivity contribution in [1.29, 1.82) is 0 Å². The lowest BCUT2D eigenvalue weighted by atomic mass is 9.99. The number of carbonyl (C=O) groups is 3. The molecule has 254 valence electrons. The fourth-order valence-electron chi connectivity index (χ4n) is 7.74. The number of likely N-dealkylation sites (tertiary alicyclic amines) is 2. The number of piperidine rings is 2. The number of anilines is 2. The summed E-state index contributed by atoms with van der Waals surface area (Å²) in [7, 11) is 2.17. The highest BCUT2D eigenvalue weighted by Gasteiger charge is 2.36. The van der Waals surface area contributed by atoms with Gasteiger partial charge in [0.25, 0.3) is 5.91 Å². The molecule has 4 heterocycles. The fourth-order valence-corrected chi connectivity index (χ4v) is 7.74. The number of fused-ring (bicyclic) bond motifs is 1. The van der Waals surface area contributed by atoms with Crippen molar-refractivity contribution in [1.82, 2.24) is 24.5 Å². The van der Waals surface area contributed by atoms with Crippen LogP contribution < -0.4 is 11.1 Å². The highest BCUT2D eigenvalue weighted by Crippen LogP contribution is 2.26. The van der Waals surface area contributed by atoms with Crippen LogP contribution in [0.1, 0.15) is 47.9 Å². The molecule has 11 nitrogen and oxygen atoms in total. The maximum absolute atomic E-state index is 14.0. The van der Waals surface area contributed by atoms with Crippen molar-refractivity contribution in [2.24, 2.45) is 0 Å². The first-order valence-electron chi connectivity index (χ1n) is 17.3. The molecule has 1 atom stereocenters. The SMILES string of the molecule is Cc1cc(CC(OC(=O)N2CCC(N3CCc4ccccc4NC3=O)CC2)C(=O)N2CCN(C3CCN(C)CC3)CC2)cc(C)c1N. The number of nitrogens with two attached hydrogens (primary N) is 1. The van der Waals surface area contributed by atoms with E-state index in [1.54, 1.807) is 4.90 Å². The van der Waals surface area contributed by atoms with E-state index in [0.717, 1.165) is 79.1 Å². The lowest BCUT2D eigenvalue weighted by Gasteiger charge is -2.42. The second-order valence-corrected chi connectivity index (χ2v) is 13.9. The number of rotatable bonds is 6. The number of nitrogens with one attached hydrogen (secondary N) is 1. The number of piperazine rings is 1. The van der Waals surface area contributed by atoms with Crippen molar-refractivity contribution in [2.45, 2.75) is 70.6 Å². The van der Waals surface area contributed by atoms with Gasteiger partial charge >= 0.3 is 12.1 Å². The van der Waals surface area contributed by atoms with Crippen LogP contribution in [-0.4, -0.2) is 127 Å². The van der Waals surface area contributed by atoms with Crippen LogP contribution in [0, 0.1) is 13.8 Å². The van der Waals surface area contributed by atoms with Gasteiger partial charge in [-0.15, -0.1) is 0 Å². The second kappa shape index (κ2) is 14.5. The largest absolute Gasteiger partial charge is 0.436 e. The number of hydrogen-bond donors (Lipinski definition) is 2. The highest BCUT2D eigenvalue weighted by atomic mass is 16.6. The predicted molar refractivity (Wildman–Crippen MR) is 183 cm³/mol. The van der Waals surface area contributed by atoms with Gasteiger partial charge in [-0.2, -0.15) is 0 Å². The third-order valence-electron chi connectivity index (χ3n) is 10.7. The van der Waals surface area contributed by atoms with Gasteiger partial charge in [-0.25, -0.2) is 9.59 Å². The molecule has 0 bridgehead atoms. The van der Waals surface area contributed by atoms with E-state index in [0.29, 0.717) is 58.0 Å². The van der Waals surface area contributed by atoms with Gasteiger partial charge in [0.15, 0.2) is 6.10 Å². The van der Waals surface area contributed by atoms with E-state index in [-0.39, 0.29) is 18.0 Å². The van der Waals surface area contributed by atoms with Crippen LogP contribution in [0.25, 0.3) is 0 Å². The molecule has 3 fully saturated rings. The topological polar surface area (TPSA) is 115 Å². The molecule has 0 aliphatic carbocycles. The van der Waals surface area contributed by atoms with Crippen LogP contribution in [-0.2, 0) is 22.4 Å². The Labute approximate surface area is 279 Å². The smallest absolute Gasteiger partial charge is 0.410 e. The second-order valence-electron chi connectivity index (χ2n) is 13.9. The fraction of sp³-hybridized carbons (Fsp3) is 0.583. The molecule has 47 heavy (non-hydrogen) atoms. The Kier molecular flexibility index (Phi) is 10.2. The van der Waals surface area contributed by atoms with Gasteiger partial charge in [-0.1, -0.05) is 30.3 Å². The summed E-state index contributed by atoms with van der Waals surface area (Å²) in [5.74, 6) is -0.135. The summed E-state index contributed by atoms with van der Waals surface area (Å²) in [5.41, 5.74) is 11.8. The van der Waals surface area contributed by atoms with E-state index < -0.39 is 12.2 Å². The molecular weight excluding hydrogens is 594 g/mol. The number of para-hydroxylation sites is 1. The molecule has 3 saturated heterocycles. The van der Waals surface area contributed by atoms with E-state index in [1.165, 1.54) is 0 Å². The molecule has 11 heteroatoms. The van der Waals surface area contributed by atoms with Crippen LogP contribution in [0.15, 0.2) is 36.4 Å². The lowest BCUT2D eigenvalue weighted by molar-refractivity contribution is -0.143. The number of ether oxygens (including phenoxy) is 1. The molecular formula is C36H51N7O4. The summed E-state index contributed by atoms with van der Waals surface area (Å²) in [6, 6.07) is 12.4. The zero-order chi connectivity index (χ0) is 33.1. The van der Waals surface area contributed by atoms with E-state index in [1.807, 2.05) is 54.0 Å². The highest BCUT2D eigenvalue weighted by molar-refractivity contribution is 5.91. The van der Waals surface area contributed by atoms with Gasteiger partial charge < -0.3 is 35.4 Å². The number of nitrogen functional groups attached to an aromatic ring is 1. The standard InChI is InChI=1S/C36H51N7O4/c1-25-22-27(23-26(2)33(25)37)24-32(34(44)41-20-18-40(19-21-41)29-9-13-39(3)14-10-29)47-36(46)42-15-11-30(12-16-42)43-17-8-28-6-4-5-7-31(28)38-35(43)45/h4-7,22-23,29-30,32H,8-21,24,37H2,1-3H3,(H,38,45). The van der Waals surface area contributed by atoms with E-state index in [4.69, 9.17) is 10.5 Å². The van der Waals surface area contributed by atoms with Crippen molar-refractivity contribution in [3.8, 4) is 0 Å². The molecule has 0 saturated carbocycles. The quantitative estimate of drug-likeness (QED) is 0.461. The van der Waals surface area contributed by atoms with Crippen LogP contribution in [0.3, 0.4) is 0 Å². The van der Waals surface area contributed by atoms with Gasteiger partial charge in [-0.3, -0.25) is 9.69 Å². The first kappa shape index (κ1) is 33.1. The maximum atomic E-state index is 14.0. The first-order valence-corrected chi connectivity index (χ1v) is 17.3. The van der Waals surface area contributed by atoms with Crippen LogP contribution in [0.4, 0.5) is 21.0 Å². The minimum absolute atomic E-state index is 0.0346. The van der Waals surface area contributed by atoms with E-state index >= 15 is 0 Å². The Hall–Kier alpha value is -3.83. The molecule has 4 amide bonds. The number of urea groups is 1. The molecule has 2 aromatic carbocycles. The first-order chi connectivity index (χ1) is 22.7. The zero-order valence-corrected chi connectivity index (χ0v) is 28.2. The number of amides is 4. The van der Waals surface area contributed by atoms with Crippen molar-refractivity contribution in [3.05, 3.63) is 58.7 Å². The summed E-state index contributed by atoms with van der Waals surface area (Å²) in [6.45, 7) is 10.7. The number of carbonyl (C=O) groups excluding carboxylic acids is 3. The Bertz CT molecular complexity index is 1420. The molecule has 6 rings (SSSR count). The molecule has 1 unspecified atom stereocenters. The van der Waals surface area contributed by atoms with Crippen molar-refractivity contribution in [2.75, 3.05) is 77.0 Å². The van der Waals surface area contributed by atoms with Crippen molar-refractivity contribution >= 4 is 29.4 Å². The maximum Gasteiger partial charge on any atom is 0.410 e. The van der Waals surface area contributed by atoms with Gasteiger partial charge in [0.2, 0.25) is 0 Å². The van der Waals surface area contributed by atoms with Crippen molar-refractivity contribution < 1.29 is 19.1 Å². The predicted octanol–water partition coefficient (Wildman–Crippen LogP) is 3.73. The summed E-state index contributed by atoms with van der Waals surface area (Å²) in [4.78, 5) is 51.1. The van der Waals surface area contributed by atoms with Crippen LogP contribution >= 0.6 is 0 Å². The summed E-state index contributed by atoms with van der Waals surface area (Å²) in [6.07, 6.45) is 3.33. The number of aryl methyl sites for hydroxylation is 2. The number of nitrogens with zero attached hydrogens (tertiary/aromatic N) is 5. The van der Waals surface area contributed by atoms with Gasteiger partial charge in [0.1, 0.15) is 0 Å². The van der Waals surface area contributed by atoms with Crippen molar-refractivity contribution in [3.63, 3.8) is 0 Å². The minimum atomic E-state index is -0.924. The molecule has 4 aliphatic rings. The van der Waals surface area contributed by atoms with Gasteiger partial charge in [0.05, 0.1) is 0 Å². The van der Waals surface area contributed by atoms with Crippen LogP contribution in [0.2, 0.25) is 0 Å². The Morgan fingerprint density at radius 3 is 2.19 bits per heavy atom. The van der Waals surface area contributed by atoms with E-state index in [9.17, 15) is 14.4 Å². The molecule has 4 aliphatic heterocycles. The summed E-state index contributed by atoms with van der Waals surface area (Å²) in [5, 5.41) is 3.06. The normalized spacial score (nSPS) is 21.2. The monoisotopic (exact) mass is 645 g/mol. The lowest BCUT2D eigenvalue weighted by Crippen LogP contribution is -2.56. The molecule has 0 spiro atoms. The zero-order valence-electron chi connectivity index (χ0n) is 28.2. The van der Waals surface area contributed by atoms with Crippen LogP contribution in [0.5, 0.6) is 0 Å². The average Bonchev–Trinajstić information content (AvgIpc) is 3.25. The Balaban J connectivity index is 1.08. The van der Waals surface area contributed by atoms with E-state index in [2.05, 4.69) is 28.2 Å². The summed E-state index contributed by atoms with van der Waals surface area (Å²) >= 11 is 0. The van der Waals surface area contributed by atoms with Gasteiger partial charge in [-0.05, 0) is 94.4 Å². The Morgan fingerprint density at radius 2 is 1.51 bits per heavy atom. The molecule has 0 aromatic heterocycles. The molecule has 3 N–H and O–H groups in total. The summed E-state index contributed by atoms with van der Waals surface area (Å²) < 4.78 is 6.09. The third kappa shape index (κ3) is 7.67. The third-order valence-corrected chi connectivity index (χ3v) is 10.7. The number of hydrogen-bond acceptors (Lipinski definition) is 7. The van der Waals surface area contributed by atoms with Gasteiger partial charge in [0, 0.05) is 75.7 Å².